The van der Waals surface area contributed by atoms with Gasteiger partial charge in [0.25, 0.3) is 0 Å². The standard InChI is InChI=1S/C13H24N4/c1-3-7-11(14)13-15-12(16-17(13)2)10-8-5-4-6-9-10/h10-11H,3-9,14H2,1-2H3. The van der Waals surface area contributed by atoms with Gasteiger partial charge in [0.2, 0.25) is 0 Å². The van der Waals surface area contributed by atoms with Crippen LogP contribution in [-0.4, -0.2) is 14.8 Å². The van der Waals surface area contributed by atoms with Gasteiger partial charge in [-0.25, -0.2) is 4.98 Å². The topological polar surface area (TPSA) is 56.7 Å². The van der Waals surface area contributed by atoms with E-state index in [1.165, 1.54) is 32.1 Å². The average Bonchev–Trinajstić information content (AvgIpc) is 2.73. The minimum absolute atomic E-state index is 0.0369. The van der Waals surface area contributed by atoms with Crippen LogP contribution in [0.4, 0.5) is 0 Å². The third-order valence-corrected chi connectivity index (χ3v) is 3.71. The molecule has 0 bridgehead atoms. The molecule has 17 heavy (non-hydrogen) atoms. The molecule has 0 aliphatic heterocycles. The fourth-order valence-corrected chi connectivity index (χ4v) is 2.71. The van der Waals surface area contributed by atoms with Crippen molar-refractivity contribution in [2.75, 3.05) is 0 Å². The lowest BCUT2D eigenvalue weighted by molar-refractivity contribution is 0.427. The average molecular weight is 236 g/mol. The Balaban J connectivity index is 2.11. The largest absolute Gasteiger partial charge is 0.321 e. The summed E-state index contributed by atoms with van der Waals surface area (Å²) in [5.41, 5.74) is 6.13. The Labute approximate surface area is 104 Å². The highest BCUT2D eigenvalue weighted by atomic mass is 15.3. The maximum atomic E-state index is 6.13. The van der Waals surface area contributed by atoms with Crippen LogP contribution in [-0.2, 0) is 7.05 Å². The molecule has 0 aromatic carbocycles. The Morgan fingerprint density at radius 3 is 2.71 bits per heavy atom. The number of aromatic nitrogens is 3. The summed E-state index contributed by atoms with van der Waals surface area (Å²) >= 11 is 0. The third kappa shape index (κ3) is 2.86. The first-order valence-corrected chi connectivity index (χ1v) is 6.88. The Kier molecular flexibility index (Phi) is 4.15. The minimum atomic E-state index is 0.0369. The zero-order valence-electron chi connectivity index (χ0n) is 11.0. The highest BCUT2D eigenvalue weighted by molar-refractivity contribution is 5.03. The Morgan fingerprint density at radius 1 is 1.35 bits per heavy atom. The van der Waals surface area contributed by atoms with Crippen LogP contribution in [0, 0.1) is 0 Å². The van der Waals surface area contributed by atoms with Gasteiger partial charge in [-0.3, -0.25) is 4.68 Å². The van der Waals surface area contributed by atoms with Crippen LogP contribution in [0.2, 0.25) is 0 Å². The van der Waals surface area contributed by atoms with Crippen molar-refractivity contribution < 1.29 is 0 Å². The second kappa shape index (κ2) is 5.63. The monoisotopic (exact) mass is 236 g/mol. The fraction of sp³-hybridized carbons (Fsp3) is 0.846. The van der Waals surface area contributed by atoms with Crippen molar-refractivity contribution in [3.8, 4) is 0 Å². The van der Waals surface area contributed by atoms with Gasteiger partial charge < -0.3 is 5.73 Å². The summed E-state index contributed by atoms with van der Waals surface area (Å²) in [6.07, 6.45) is 8.56. The van der Waals surface area contributed by atoms with Crippen molar-refractivity contribution in [1.29, 1.82) is 0 Å². The molecule has 4 heteroatoms. The molecule has 4 nitrogen and oxygen atoms in total. The van der Waals surface area contributed by atoms with Gasteiger partial charge in [0.1, 0.15) is 5.82 Å². The molecule has 1 unspecified atom stereocenters. The van der Waals surface area contributed by atoms with Gasteiger partial charge in [-0.1, -0.05) is 32.6 Å². The Hall–Kier alpha value is -0.900. The van der Waals surface area contributed by atoms with Crippen molar-refractivity contribution in [2.45, 2.75) is 63.8 Å². The van der Waals surface area contributed by atoms with E-state index in [2.05, 4.69) is 17.0 Å². The van der Waals surface area contributed by atoms with Crippen molar-refractivity contribution in [1.82, 2.24) is 14.8 Å². The van der Waals surface area contributed by atoms with E-state index in [0.29, 0.717) is 5.92 Å². The summed E-state index contributed by atoms with van der Waals surface area (Å²) in [5.74, 6) is 2.54. The number of rotatable bonds is 4. The fourth-order valence-electron chi connectivity index (χ4n) is 2.71. The molecular weight excluding hydrogens is 212 g/mol. The van der Waals surface area contributed by atoms with Gasteiger partial charge in [-0.15, -0.1) is 0 Å². The van der Waals surface area contributed by atoms with Gasteiger partial charge in [-0.05, 0) is 19.3 Å². The molecule has 0 radical (unpaired) electrons. The molecular formula is C13H24N4. The normalized spacial score (nSPS) is 19.5. The Morgan fingerprint density at radius 2 is 2.06 bits per heavy atom. The van der Waals surface area contributed by atoms with E-state index >= 15 is 0 Å². The van der Waals surface area contributed by atoms with E-state index in [4.69, 9.17) is 5.73 Å². The second-order valence-corrected chi connectivity index (χ2v) is 5.18. The highest BCUT2D eigenvalue weighted by Gasteiger charge is 2.22. The molecule has 0 spiro atoms. The number of hydrogen-bond acceptors (Lipinski definition) is 3. The molecule has 1 fully saturated rings. The first kappa shape index (κ1) is 12.6. The molecule has 0 saturated heterocycles. The smallest absolute Gasteiger partial charge is 0.154 e. The number of hydrogen-bond donors (Lipinski definition) is 1. The van der Waals surface area contributed by atoms with E-state index in [9.17, 15) is 0 Å². The zero-order chi connectivity index (χ0) is 12.3. The van der Waals surface area contributed by atoms with Gasteiger partial charge in [-0.2, -0.15) is 5.10 Å². The van der Waals surface area contributed by atoms with Gasteiger partial charge in [0, 0.05) is 13.0 Å². The summed E-state index contributed by atoms with van der Waals surface area (Å²) in [4.78, 5) is 4.68. The number of aryl methyl sites for hydroxylation is 1. The van der Waals surface area contributed by atoms with Crippen LogP contribution < -0.4 is 5.73 Å². The van der Waals surface area contributed by atoms with Gasteiger partial charge >= 0.3 is 0 Å². The van der Waals surface area contributed by atoms with E-state index < -0.39 is 0 Å². The van der Waals surface area contributed by atoms with Crippen LogP contribution in [0.3, 0.4) is 0 Å². The lowest BCUT2D eigenvalue weighted by Crippen LogP contribution is -2.15. The molecule has 1 aliphatic carbocycles. The molecule has 2 N–H and O–H groups in total. The summed E-state index contributed by atoms with van der Waals surface area (Å²) < 4.78 is 1.88. The second-order valence-electron chi connectivity index (χ2n) is 5.18. The molecule has 0 amide bonds. The van der Waals surface area contributed by atoms with Crippen LogP contribution >= 0.6 is 0 Å². The SMILES string of the molecule is CCCC(N)c1nc(C2CCCCC2)nn1C. The van der Waals surface area contributed by atoms with E-state index in [-0.39, 0.29) is 6.04 Å². The maximum absolute atomic E-state index is 6.13. The van der Waals surface area contributed by atoms with Crippen LogP contribution in [0.1, 0.15) is 75.5 Å². The lowest BCUT2D eigenvalue weighted by Gasteiger charge is -2.18. The van der Waals surface area contributed by atoms with E-state index in [0.717, 1.165) is 24.5 Å². The third-order valence-electron chi connectivity index (χ3n) is 3.71. The predicted octanol–water partition coefficient (Wildman–Crippen LogP) is 2.66. The van der Waals surface area contributed by atoms with Crippen molar-refractivity contribution >= 4 is 0 Å². The maximum Gasteiger partial charge on any atom is 0.154 e. The molecule has 1 aliphatic rings. The number of nitrogens with zero attached hydrogens (tertiary/aromatic N) is 3. The highest BCUT2D eigenvalue weighted by Crippen LogP contribution is 2.31. The predicted molar refractivity (Wildman–Crippen MR) is 68.7 cm³/mol. The molecule has 96 valence electrons. The Bertz CT molecular complexity index is 352. The molecule has 1 atom stereocenters. The number of nitrogens with two attached hydrogens (primary N) is 1. The molecule has 2 rings (SSSR count). The lowest BCUT2D eigenvalue weighted by atomic mass is 9.89. The quantitative estimate of drug-likeness (QED) is 0.874. The van der Waals surface area contributed by atoms with E-state index in [1.807, 2.05) is 11.7 Å². The van der Waals surface area contributed by atoms with E-state index in [1.54, 1.807) is 0 Å². The van der Waals surface area contributed by atoms with Crippen molar-refractivity contribution in [3.05, 3.63) is 11.6 Å². The summed E-state index contributed by atoms with van der Waals surface area (Å²) in [6, 6.07) is 0.0369. The van der Waals surface area contributed by atoms with Crippen molar-refractivity contribution in [3.63, 3.8) is 0 Å². The van der Waals surface area contributed by atoms with Gasteiger partial charge in [0.05, 0.1) is 6.04 Å². The summed E-state index contributed by atoms with van der Waals surface area (Å²) in [7, 11) is 1.96. The summed E-state index contributed by atoms with van der Waals surface area (Å²) in [6.45, 7) is 2.15. The zero-order valence-corrected chi connectivity index (χ0v) is 11.0. The minimum Gasteiger partial charge on any atom is -0.321 e. The van der Waals surface area contributed by atoms with Crippen LogP contribution in [0.25, 0.3) is 0 Å². The van der Waals surface area contributed by atoms with Crippen molar-refractivity contribution in [2.24, 2.45) is 12.8 Å². The molecule has 1 saturated carbocycles. The molecule has 1 aromatic rings. The molecule has 1 aromatic heterocycles. The molecule has 1 heterocycles. The van der Waals surface area contributed by atoms with Crippen LogP contribution in [0.15, 0.2) is 0 Å². The van der Waals surface area contributed by atoms with Crippen LogP contribution in [0.5, 0.6) is 0 Å². The summed E-state index contributed by atoms with van der Waals surface area (Å²) in [5, 5.41) is 4.56. The van der Waals surface area contributed by atoms with Gasteiger partial charge in [0.15, 0.2) is 5.82 Å². The first-order chi connectivity index (χ1) is 8.22. The first-order valence-electron chi connectivity index (χ1n) is 6.88.